The van der Waals surface area contributed by atoms with E-state index in [9.17, 15) is 9.59 Å². The lowest BCUT2D eigenvalue weighted by Gasteiger charge is -2.34. The van der Waals surface area contributed by atoms with Crippen LogP contribution in [0.25, 0.3) is 0 Å². The molecule has 1 fully saturated rings. The van der Waals surface area contributed by atoms with Crippen LogP contribution in [0.4, 0.5) is 0 Å². The van der Waals surface area contributed by atoms with Crippen LogP contribution in [0, 0.1) is 0 Å². The van der Waals surface area contributed by atoms with Crippen LogP contribution >= 0.6 is 0 Å². The van der Waals surface area contributed by atoms with E-state index in [1.165, 1.54) is 10.5 Å². The van der Waals surface area contributed by atoms with Crippen LogP contribution in [0.5, 0.6) is 0 Å². The number of fused-ring (bicyclic) bond motifs is 2. The van der Waals surface area contributed by atoms with Crippen LogP contribution in [0.1, 0.15) is 37.3 Å². The average Bonchev–Trinajstić information content (AvgIpc) is 2.70. The second-order valence-corrected chi connectivity index (χ2v) is 6.95. The van der Waals surface area contributed by atoms with Crippen LogP contribution < -0.4 is 0 Å². The van der Waals surface area contributed by atoms with Crippen molar-refractivity contribution in [3.8, 4) is 0 Å². The number of carbonyl (C=O) groups excluding carboxylic acids is 2. The van der Waals surface area contributed by atoms with E-state index >= 15 is 0 Å². The van der Waals surface area contributed by atoms with Crippen LogP contribution in [-0.4, -0.2) is 48.3 Å². The molecule has 2 amide bonds. The minimum atomic E-state index is -0.605. The number of likely N-dealkylation sites (tertiary alicyclic amines) is 1. The highest BCUT2D eigenvalue weighted by atomic mass is 16.2. The first-order valence-corrected chi connectivity index (χ1v) is 8.05. The molecule has 1 heterocycles. The number of hydrogen-bond acceptors (Lipinski definition) is 3. The predicted octanol–water partition coefficient (Wildman–Crippen LogP) is 1.97. The normalized spacial score (nSPS) is 25.9. The lowest BCUT2D eigenvalue weighted by atomic mass is 9.69. The third-order valence-electron chi connectivity index (χ3n) is 5.00. The second-order valence-electron chi connectivity index (χ2n) is 6.95. The summed E-state index contributed by atoms with van der Waals surface area (Å²) in [5, 5.41) is 0. The van der Waals surface area contributed by atoms with Gasteiger partial charge in [-0.3, -0.25) is 14.5 Å². The standard InChI is InChI=1S/C18H24N2O2/c1-13(12-19(2)3)20-16(21)11-18(17(20)22)10-6-8-14-7-4-5-9-15(14)18/h4-5,7,9,13H,6,8,10-12H2,1-3H3. The summed E-state index contributed by atoms with van der Waals surface area (Å²) < 4.78 is 0. The van der Waals surface area contributed by atoms with Gasteiger partial charge in [-0.2, -0.15) is 0 Å². The van der Waals surface area contributed by atoms with Gasteiger partial charge in [-0.25, -0.2) is 0 Å². The molecule has 0 aromatic heterocycles. The van der Waals surface area contributed by atoms with Crippen molar-refractivity contribution in [1.82, 2.24) is 9.80 Å². The number of benzene rings is 1. The Balaban J connectivity index is 1.98. The van der Waals surface area contributed by atoms with E-state index in [1.807, 2.05) is 44.1 Å². The number of imide groups is 1. The molecule has 0 saturated carbocycles. The second kappa shape index (κ2) is 5.51. The number of amides is 2. The van der Waals surface area contributed by atoms with Gasteiger partial charge in [0.2, 0.25) is 11.8 Å². The summed E-state index contributed by atoms with van der Waals surface area (Å²) in [7, 11) is 3.93. The molecule has 1 aromatic rings. The van der Waals surface area contributed by atoms with Crippen molar-refractivity contribution in [3.05, 3.63) is 35.4 Å². The molecule has 0 bridgehead atoms. The number of carbonyl (C=O) groups is 2. The summed E-state index contributed by atoms with van der Waals surface area (Å²) >= 11 is 0. The zero-order chi connectivity index (χ0) is 15.9. The first-order valence-electron chi connectivity index (χ1n) is 8.05. The van der Waals surface area contributed by atoms with Crippen LogP contribution in [0.3, 0.4) is 0 Å². The maximum absolute atomic E-state index is 13.2. The molecule has 3 rings (SSSR count). The lowest BCUT2D eigenvalue weighted by Crippen LogP contribution is -2.47. The number of nitrogens with zero attached hydrogens (tertiary/aromatic N) is 2. The summed E-state index contributed by atoms with van der Waals surface area (Å²) in [6, 6.07) is 8.06. The third-order valence-corrected chi connectivity index (χ3v) is 5.00. The molecule has 1 saturated heterocycles. The molecule has 1 aromatic carbocycles. The molecule has 0 N–H and O–H groups in total. The molecule has 118 valence electrons. The summed E-state index contributed by atoms with van der Waals surface area (Å²) in [4.78, 5) is 29.3. The summed E-state index contributed by atoms with van der Waals surface area (Å²) in [5.74, 6) is -0.00458. The topological polar surface area (TPSA) is 40.6 Å². The molecular formula is C18H24N2O2. The van der Waals surface area contributed by atoms with E-state index < -0.39 is 5.41 Å². The van der Waals surface area contributed by atoms with Gasteiger partial charge in [0.1, 0.15) is 0 Å². The van der Waals surface area contributed by atoms with Crippen LogP contribution in [-0.2, 0) is 21.4 Å². The molecule has 1 aliphatic heterocycles. The van der Waals surface area contributed by atoms with Gasteiger partial charge in [-0.05, 0) is 51.4 Å². The maximum Gasteiger partial charge on any atom is 0.240 e. The van der Waals surface area contributed by atoms with Crippen molar-refractivity contribution in [2.75, 3.05) is 20.6 Å². The highest BCUT2D eigenvalue weighted by Gasteiger charge is 2.54. The van der Waals surface area contributed by atoms with E-state index in [4.69, 9.17) is 0 Å². The first-order chi connectivity index (χ1) is 10.5. The van der Waals surface area contributed by atoms with Gasteiger partial charge in [0.25, 0.3) is 0 Å². The Kier molecular flexibility index (Phi) is 3.81. The van der Waals surface area contributed by atoms with Crippen molar-refractivity contribution >= 4 is 11.8 Å². The predicted molar refractivity (Wildman–Crippen MR) is 85.5 cm³/mol. The van der Waals surface area contributed by atoms with E-state index in [0.717, 1.165) is 24.8 Å². The Morgan fingerprint density at radius 2 is 2.00 bits per heavy atom. The molecule has 2 unspecified atom stereocenters. The maximum atomic E-state index is 13.2. The molecule has 1 aliphatic carbocycles. The minimum Gasteiger partial charge on any atom is -0.307 e. The fourth-order valence-electron chi connectivity index (χ4n) is 4.15. The van der Waals surface area contributed by atoms with Crippen molar-refractivity contribution in [2.24, 2.45) is 0 Å². The number of rotatable bonds is 3. The van der Waals surface area contributed by atoms with Gasteiger partial charge in [0.15, 0.2) is 0 Å². The molecular weight excluding hydrogens is 276 g/mol. The fraction of sp³-hybridized carbons (Fsp3) is 0.556. The first kappa shape index (κ1) is 15.2. The largest absolute Gasteiger partial charge is 0.307 e. The van der Waals surface area contributed by atoms with Crippen LogP contribution in [0.2, 0.25) is 0 Å². The van der Waals surface area contributed by atoms with Crippen molar-refractivity contribution < 1.29 is 9.59 Å². The Hall–Kier alpha value is -1.68. The molecule has 22 heavy (non-hydrogen) atoms. The summed E-state index contributed by atoms with van der Waals surface area (Å²) in [5.41, 5.74) is 1.71. The fourth-order valence-corrected chi connectivity index (χ4v) is 4.15. The lowest BCUT2D eigenvalue weighted by molar-refractivity contribution is -0.142. The number of hydrogen-bond donors (Lipinski definition) is 0. The zero-order valence-corrected chi connectivity index (χ0v) is 13.6. The SMILES string of the molecule is CC(CN(C)C)N1C(=O)CC2(CCCc3ccccc32)C1=O. The molecule has 0 radical (unpaired) electrons. The Bertz CT molecular complexity index is 611. The van der Waals surface area contributed by atoms with Gasteiger partial charge in [-0.15, -0.1) is 0 Å². The smallest absolute Gasteiger partial charge is 0.240 e. The average molecular weight is 300 g/mol. The van der Waals surface area contributed by atoms with Gasteiger partial charge >= 0.3 is 0 Å². The molecule has 4 heteroatoms. The van der Waals surface area contributed by atoms with E-state index in [-0.39, 0.29) is 17.9 Å². The van der Waals surface area contributed by atoms with Crippen molar-refractivity contribution in [3.63, 3.8) is 0 Å². The quantitative estimate of drug-likeness (QED) is 0.801. The van der Waals surface area contributed by atoms with Gasteiger partial charge in [0.05, 0.1) is 5.41 Å². The van der Waals surface area contributed by atoms with Crippen molar-refractivity contribution in [2.45, 2.75) is 44.1 Å². The molecule has 4 nitrogen and oxygen atoms in total. The third kappa shape index (κ3) is 2.26. The molecule has 2 aliphatic rings. The van der Waals surface area contributed by atoms with Crippen molar-refractivity contribution in [1.29, 1.82) is 0 Å². The van der Waals surface area contributed by atoms with E-state index in [2.05, 4.69) is 6.07 Å². The molecule has 2 atom stereocenters. The number of aryl methyl sites for hydroxylation is 1. The summed E-state index contributed by atoms with van der Waals surface area (Å²) in [6.45, 7) is 2.67. The Morgan fingerprint density at radius 3 is 2.73 bits per heavy atom. The number of likely N-dealkylation sites (N-methyl/N-ethyl adjacent to an activating group) is 1. The Labute approximate surface area is 132 Å². The summed E-state index contributed by atoms with van der Waals surface area (Å²) in [6.07, 6.45) is 3.11. The van der Waals surface area contributed by atoms with E-state index in [0.29, 0.717) is 13.0 Å². The van der Waals surface area contributed by atoms with E-state index in [1.54, 1.807) is 0 Å². The van der Waals surface area contributed by atoms with Crippen LogP contribution in [0.15, 0.2) is 24.3 Å². The minimum absolute atomic E-state index is 0.0130. The zero-order valence-electron chi connectivity index (χ0n) is 13.6. The highest BCUT2D eigenvalue weighted by molar-refractivity contribution is 6.09. The van der Waals surface area contributed by atoms with Gasteiger partial charge in [0, 0.05) is 19.0 Å². The molecule has 1 spiro atoms. The van der Waals surface area contributed by atoms with Gasteiger partial charge in [-0.1, -0.05) is 24.3 Å². The highest BCUT2D eigenvalue weighted by Crippen LogP contribution is 2.45. The monoisotopic (exact) mass is 300 g/mol. The Morgan fingerprint density at radius 1 is 1.27 bits per heavy atom. The van der Waals surface area contributed by atoms with Gasteiger partial charge < -0.3 is 4.90 Å².